The van der Waals surface area contributed by atoms with Crippen molar-refractivity contribution < 1.29 is 17.9 Å². The first kappa shape index (κ1) is 25.6. The summed E-state index contributed by atoms with van der Waals surface area (Å²) < 4.78 is 35.6. The normalized spacial score (nSPS) is 31.5. The van der Waals surface area contributed by atoms with E-state index in [1.165, 1.54) is 29.5 Å². The van der Waals surface area contributed by atoms with Crippen LogP contribution in [-0.4, -0.2) is 68.5 Å². The second-order valence-corrected chi connectivity index (χ2v) is 12.5. The molecule has 1 saturated heterocycles. The van der Waals surface area contributed by atoms with Crippen molar-refractivity contribution in [3.05, 3.63) is 35.4 Å². The molecule has 1 N–H and O–H groups in total. The molecular formula is C26H41N3O4S. The van der Waals surface area contributed by atoms with Gasteiger partial charge in [0.05, 0.1) is 18.8 Å². The molecule has 2 fully saturated rings. The first-order valence-electron chi connectivity index (χ1n) is 13.0. The van der Waals surface area contributed by atoms with Gasteiger partial charge in [-0.3, -0.25) is 4.79 Å². The minimum absolute atomic E-state index is 0.0183. The van der Waals surface area contributed by atoms with Gasteiger partial charge in [-0.2, -0.15) is 17.4 Å². The van der Waals surface area contributed by atoms with E-state index in [2.05, 4.69) is 29.0 Å². The van der Waals surface area contributed by atoms with Crippen LogP contribution in [0.1, 0.15) is 81.8 Å². The second kappa shape index (κ2) is 11.1. The molecule has 4 aliphatic rings. The molecule has 4 bridgehead atoms. The van der Waals surface area contributed by atoms with Crippen LogP contribution in [0.5, 0.6) is 0 Å². The van der Waals surface area contributed by atoms with Crippen molar-refractivity contribution >= 4 is 16.1 Å². The summed E-state index contributed by atoms with van der Waals surface area (Å²) in [5, 5.41) is 0. The molecule has 0 radical (unpaired) electrons. The zero-order valence-electron chi connectivity index (χ0n) is 20.9. The molecule has 1 amide bonds. The highest BCUT2D eigenvalue weighted by atomic mass is 32.2. The molecule has 1 aliphatic carbocycles. The molecule has 0 unspecified atom stereocenters. The van der Waals surface area contributed by atoms with Gasteiger partial charge in [-0.1, -0.05) is 30.7 Å². The lowest BCUT2D eigenvalue weighted by Crippen LogP contribution is -2.52. The Balaban J connectivity index is 1.52. The zero-order chi connectivity index (χ0) is 24.3. The van der Waals surface area contributed by atoms with Crippen molar-refractivity contribution in [1.29, 1.82) is 0 Å². The van der Waals surface area contributed by atoms with Crippen LogP contribution in [0.3, 0.4) is 0 Å². The van der Waals surface area contributed by atoms with Gasteiger partial charge in [0.15, 0.2) is 0 Å². The zero-order valence-corrected chi connectivity index (χ0v) is 21.7. The largest absolute Gasteiger partial charge is 0.376 e. The fourth-order valence-corrected chi connectivity index (χ4v) is 6.77. The smallest absolute Gasteiger partial charge is 0.279 e. The van der Waals surface area contributed by atoms with Gasteiger partial charge in [0.1, 0.15) is 0 Å². The monoisotopic (exact) mass is 491 g/mol. The van der Waals surface area contributed by atoms with E-state index in [4.69, 9.17) is 4.74 Å². The number of nitrogens with zero attached hydrogens (tertiary/aromatic N) is 2. The minimum Gasteiger partial charge on any atom is -0.376 e. The fraction of sp³-hybridized carbons (Fsp3) is 0.731. The standard InChI is InChI=1S/C26H41N3O4S/c1-19-16-24(27-34(31,32)28(2)3)25-18-33-23-14-12-21(13-15-23)22-10-7-9-20(17-22)8-5-4-6-11-26(30)29(19)25/h7,9-10,17,19,21,23-25,27H,4-6,8,11-16,18H2,1-3H3/t19-,21?,23?,24+,25+/m1/s1. The number of ether oxygens (including phenoxy) is 1. The van der Waals surface area contributed by atoms with Crippen LogP contribution in [0.2, 0.25) is 0 Å². The van der Waals surface area contributed by atoms with E-state index >= 15 is 0 Å². The molecule has 1 aromatic rings. The highest BCUT2D eigenvalue weighted by Gasteiger charge is 2.44. The van der Waals surface area contributed by atoms with Gasteiger partial charge in [0.25, 0.3) is 10.2 Å². The van der Waals surface area contributed by atoms with E-state index in [1.54, 1.807) is 0 Å². The Morgan fingerprint density at radius 3 is 2.53 bits per heavy atom. The first-order valence-corrected chi connectivity index (χ1v) is 14.4. The number of hydrogen-bond acceptors (Lipinski definition) is 4. The topological polar surface area (TPSA) is 79.0 Å². The summed E-state index contributed by atoms with van der Waals surface area (Å²) in [6.45, 7) is 2.40. The Hall–Kier alpha value is -1.48. The second-order valence-electron chi connectivity index (χ2n) is 10.6. The molecule has 3 aliphatic heterocycles. The van der Waals surface area contributed by atoms with E-state index in [0.29, 0.717) is 25.4 Å². The van der Waals surface area contributed by atoms with Gasteiger partial charge >= 0.3 is 0 Å². The van der Waals surface area contributed by atoms with Crippen molar-refractivity contribution in [2.75, 3.05) is 20.7 Å². The number of benzene rings is 1. The molecule has 7 nitrogen and oxygen atoms in total. The number of hydrogen-bond donors (Lipinski definition) is 1. The summed E-state index contributed by atoms with van der Waals surface area (Å²) >= 11 is 0. The van der Waals surface area contributed by atoms with E-state index in [1.807, 2.05) is 11.8 Å². The van der Waals surface area contributed by atoms with Gasteiger partial charge in [-0.05, 0) is 75.3 Å². The maximum absolute atomic E-state index is 13.3. The Morgan fingerprint density at radius 2 is 1.79 bits per heavy atom. The quantitative estimate of drug-likeness (QED) is 0.701. The van der Waals surface area contributed by atoms with Crippen molar-refractivity contribution in [3.8, 4) is 0 Å². The molecule has 8 heteroatoms. The fourth-order valence-electron chi connectivity index (χ4n) is 5.92. The maximum Gasteiger partial charge on any atom is 0.279 e. The molecule has 0 spiro atoms. The highest BCUT2D eigenvalue weighted by molar-refractivity contribution is 7.87. The van der Waals surface area contributed by atoms with Crippen LogP contribution in [-0.2, 0) is 26.2 Å². The highest BCUT2D eigenvalue weighted by Crippen LogP contribution is 2.35. The summed E-state index contributed by atoms with van der Waals surface area (Å²) in [5.74, 6) is 0.697. The number of carbonyl (C=O) groups is 1. The number of rotatable bonds is 3. The molecule has 1 aromatic carbocycles. The van der Waals surface area contributed by atoms with Crippen molar-refractivity contribution in [2.45, 2.75) is 101 Å². The predicted octanol–water partition coefficient (Wildman–Crippen LogP) is 3.60. The third kappa shape index (κ3) is 6.01. The summed E-state index contributed by atoms with van der Waals surface area (Å²) in [4.78, 5) is 15.2. The lowest BCUT2D eigenvalue weighted by Gasteiger charge is -2.34. The van der Waals surface area contributed by atoms with Crippen LogP contribution < -0.4 is 4.72 Å². The van der Waals surface area contributed by atoms with Crippen LogP contribution >= 0.6 is 0 Å². The van der Waals surface area contributed by atoms with Gasteiger partial charge < -0.3 is 9.64 Å². The number of nitrogens with one attached hydrogen (secondary N) is 1. The molecule has 1 saturated carbocycles. The van der Waals surface area contributed by atoms with E-state index in [-0.39, 0.29) is 30.1 Å². The number of aryl methyl sites for hydroxylation is 1. The molecule has 3 atom stereocenters. The Labute approximate surface area is 205 Å². The van der Waals surface area contributed by atoms with Gasteiger partial charge in [0, 0.05) is 32.6 Å². The SMILES string of the molecule is C[C@@H]1C[C@H](NS(=O)(=O)N(C)C)[C@@H]2COC3CCC(CC3)c3cccc(c3)CCCCCC(=O)N12. The third-order valence-electron chi connectivity index (χ3n) is 7.92. The Kier molecular flexibility index (Phi) is 8.33. The minimum atomic E-state index is -3.59. The Morgan fingerprint density at radius 1 is 1.06 bits per heavy atom. The van der Waals surface area contributed by atoms with Crippen LogP contribution in [0.15, 0.2) is 24.3 Å². The van der Waals surface area contributed by atoms with Crippen LogP contribution in [0, 0.1) is 0 Å². The lowest BCUT2D eigenvalue weighted by molar-refractivity contribution is -0.136. The van der Waals surface area contributed by atoms with E-state index < -0.39 is 10.2 Å². The molecule has 190 valence electrons. The molecule has 34 heavy (non-hydrogen) atoms. The maximum atomic E-state index is 13.3. The summed E-state index contributed by atoms with van der Waals surface area (Å²) in [5.41, 5.74) is 2.85. The van der Waals surface area contributed by atoms with E-state index in [0.717, 1.165) is 51.4 Å². The summed E-state index contributed by atoms with van der Waals surface area (Å²) in [6.07, 6.45) is 9.48. The van der Waals surface area contributed by atoms with Crippen LogP contribution in [0.4, 0.5) is 0 Å². The summed E-state index contributed by atoms with van der Waals surface area (Å²) in [7, 11) is -0.548. The number of amides is 1. The summed E-state index contributed by atoms with van der Waals surface area (Å²) in [6, 6.07) is 8.43. The molecular weight excluding hydrogens is 450 g/mol. The van der Waals surface area contributed by atoms with E-state index in [9.17, 15) is 13.2 Å². The first-order chi connectivity index (χ1) is 16.2. The molecule has 5 rings (SSSR count). The molecule has 3 heterocycles. The predicted molar refractivity (Wildman–Crippen MR) is 134 cm³/mol. The van der Waals surface area contributed by atoms with Crippen LogP contribution in [0.25, 0.3) is 0 Å². The van der Waals surface area contributed by atoms with Crippen molar-refractivity contribution in [1.82, 2.24) is 13.9 Å². The Bertz CT molecular complexity index is 943. The van der Waals surface area contributed by atoms with Gasteiger partial charge in [0.2, 0.25) is 5.91 Å². The van der Waals surface area contributed by atoms with Gasteiger partial charge in [-0.25, -0.2) is 0 Å². The van der Waals surface area contributed by atoms with Gasteiger partial charge in [-0.15, -0.1) is 0 Å². The lowest BCUT2D eigenvalue weighted by atomic mass is 9.82. The molecule has 0 aromatic heterocycles. The third-order valence-corrected chi connectivity index (χ3v) is 9.48. The number of fused-ring (bicyclic) bond motifs is 8. The van der Waals surface area contributed by atoms with Crippen molar-refractivity contribution in [3.63, 3.8) is 0 Å². The average molecular weight is 492 g/mol. The average Bonchev–Trinajstić information content (AvgIpc) is 3.11. The van der Waals surface area contributed by atoms with Crippen molar-refractivity contribution in [2.24, 2.45) is 0 Å². The number of carbonyl (C=O) groups excluding carboxylic acids is 1.